The maximum atomic E-state index is 12.3. The normalized spacial score (nSPS) is 19.1. The number of fused-ring (bicyclic) bond motifs is 1. The summed E-state index contributed by atoms with van der Waals surface area (Å²) in [6.07, 6.45) is 6.78. The van der Waals surface area contributed by atoms with Crippen LogP contribution in [-0.4, -0.2) is 25.8 Å². The van der Waals surface area contributed by atoms with Gasteiger partial charge in [-0.3, -0.25) is 9.78 Å². The highest BCUT2D eigenvalue weighted by molar-refractivity contribution is 5.74. The van der Waals surface area contributed by atoms with Crippen molar-refractivity contribution in [2.75, 3.05) is 5.32 Å². The quantitative estimate of drug-likeness (QED) is 0.909. The van der Waals surface area contributed by atoms with Crippen molar-refractivity contribution in [1.82, 2.24) is 19.7 Å². The maximum Gasteiger partial charge on any atom is 0.263 e. The van der Waals surface area contributed by atoms with E-state index in [1.54, 1.807) is 6.20 Å². The molecule has 0 amide bonds. The van der Waals surface area contributed by atoms with Crippen LogP contribution in [0.5, 0.6) is 0 Å². The van der Waals surface area contributed by atoms with Crippen LogP contribution in [0, 0.1) is 11.8 Å². The first-order valence-electron chi connectivity index (χ1n) is 8.18. The zero-order chi connectivity index (χ0) is 15.5. The van der Waals surface area contributed by atoms with Gasteiger partial charge in [0.15, 0.2) is 5.65 Å². The minimum absolute atomic E-state index is 0.117. The summed E-state index contributed by atoms with van der Waals surface area (Å²) in [6, 6.07) is 0.464. The van der Waals surface area contributed by atoms with E-state index in [9.17, 15) is 4.79 Å². The predicted molar refractivity (Wildman–Crippen MR) is 86.0 cm³/mol. The molecule has 6 nitrogen and oxygen atoms in total. The Morgan fingerprint density at radius 1 is 1.27 bits per heavy atom. The summed E-state index contributed by atoms with van der Waals surface area (Å²) in [5.41, 5.74) is 0.337. The SMILES string of the molecule is CC(C)(C)n1ncc2c(=O)[nH]c(NC(C3CC3)C3CC3)nc21. The van der Waals surface area contributed by atoms with Crippen molar-refractivity contribution < 1.29 is 0 Å². The molecule has 0 aromatic carbocycles. The molecule has 6 heteroatoms. The van der Waals surface area contributed by atoms with Gasteiger partial charge in [0.2, 0.25) is 5.95 Å². The highest BCUT2D eigenvalue weighted by atomic mass is 16.1. The van der Waals surface area contributed by atoms with Crippen molar-refractivity contribution in [3.8, 4) is 0 Å². The molecule has 2 saturated carbocycles. The van der Waals surface area contributed by atoms with Gasteiger partial charge in [-0.15, -0.1) is 0 Å². The molecule has 2 aliphatic carbocycles. The van der Waals surface area contributed by atoms with Gasteiger partial charge >= 0.3 is 0 Å². The molecule has 118 valence electrons. The van der Waals surface area contributed by atoms with Gasteiger partial charge in [-0.05, 0) is 58.3 Å². The fourth-order valence-electron chi connectivity index (χ4n) is 3.17. The minimum atomic E-state index is -0.202. The Morgan fingerprint density at radius 3 is 2.45 bits per heavy atom. The summed E-state index contributed by atoms with van der Waals surface area (Å²) in [6.45, 7) is 6.19. The fraction of sp³-hybridized carbons (Fsp3) is 0.688. The van der Waals surface area contributed by atoms with Crippen molar-refractivity contribution >= 4 is 17.0 Å². The fourth-order valence-corrected chi connectivity index (χ4v) is 3.17. The first kappa shape index (κ1) is 13.8. The van der Waals surface area contributed by atoms with E-state index in [-0.39, 0.29) is 11.1 Å². The van der Waals surface area contributed by atoms with Gasteiger partial charge in [0.05, 0.1) is 11.7 Å². The van der Waals surface area contributed by atoms with Gasteiger partial charge in [-0.25, -0.2) is 4.68 Å². The number of aromatic amines is 1. The number of nitrogens with one attached hydrogen (secondary N) is 2. The van der Waals surface area contributed by atoms with E-state index in [0.29, 0.717) is 23.0 Å². The average Bonchev–Trinajstić information content (AvgIpc) is 3.33. The van der Waals surface area contributed by atoms with Crippen molar-refractivity contribution in [2.24, 2.45) is 11.8 Å². The van der Waals surface area contributed by atoms with Gasteiger partial charge in [0.1, 0.15) is 5.39 Å². The van der Waals surface area contributed by atoms with Crippen LogP contribution in [-0.2, 0) is 5.54 Å². The number of hydrogen-bond donors (Lipinski definition) is 2. The molecule has 0 atom stereocenters. The predicted octanol–water partition coefficient (Wildman–Crippen LogP) is 2.48. The molecule has 0 radical (unpaired) electrons. The highest BCUT2D eigenvalue weighted by Gasteiger charge is 2.41. The van der Waals surface area contributed by atoms with Crippen molar-refractivity contribution in [1.29, 1.82) is 0 Å². The number of anilines is 1. The van der Waals surface area contributed by atoms with Gasteiger partial charge in [-0.1, -0.05) is 0 Å². The van der Waals surface area contributed by atoms with E-state index in [4.69, 9.17) is 0 Å². The zero-order valence-corrected chi connectivity index (χ0v) is 13.4. The number of H-pyrrole nitrogens is 1. The number of aromatic nitrogens is 4. The summed E-state index contributed by atoms with van der Waals surface area (Å²) in [7, 11) is 0. The second kappa shape index (κ2) is 4.57. The Labute approximate surface area is 129 Å². The Bertz CT molecular complexity index is 749. The van der Waals surface area contributed by atoms with Crippen LogP contribution in [0.15, 0.2) is 11.0 Å². The number of rotatable bonds is 4. The summed E-state index contributed by atoms with van der Waals surface area (Å²) in [5, 5.41) is 8.40. The smallest absolute Gasteiger partial charge is 0.263 e. The first-order valence-corrected chi connectivity index (χ1v) is 8.18. The van der Waals surface area contributed by atoms with Crippen LogP contribution in [0.2, 0.25) is 0 Å². The molecule has 2 fully saturated rings. The third-order valence-electron chi connectivity index (χ3n) is 4.64. The zero-order valence-electron chi connectivity index (χ0n) is 13.4. The van der Waals surface area contributed by atoms with E-state index >= 15 is 0 Å². The highest BCUT2D eigenvalue weighted by Crippen LogP contribution is 2.45. The topological polar surface area (TPSA) is 75.6 Å². The van der Waals surface area contributed by atoms with E-state index in [1.165, 1.54) is 25.7 Å². The lowest BCUT2D eigenvalue weighted by Crippen LogP contribution is -2.28. The largest absolute Gasteiger partial charge is 0.352 e. The molecule has 2 aliphatic rings. The molecule has 2 heterocycles. The Morgan fingerprint density at radius 2 is 1.91 bits per heavy atom. The van der Waals surface area contributed by atoms with Crippen LogP contribution >= 0.6 is 0 Å². The van der Waals surface area contributed by atoms with Gasteiger partial charge < -0.3 is 5.32 Å². The van der Waals surface area contributed by atoms with Crippen LogP contribution < -0.4 is 10.9 Å². The van der Waals surface area contributed by atoms with Crippen LogP contribution in [0.3, 0.4) is 0 Å². The average molecular weight is 301 g/mol. The third kappa shape index (κ3) is 2.40. The summed E-state index contributed by atoms with van der Waals surface area (Å²) in [4.78, 5) is 19.8. The number of nitrogens with zero attached hydrogens (tertiary/aromatic N) is 3. The summed E-state index contributed by atoms with van der Waals surface area (Å²) in [5.74, 6) is 2.09. The molecule has 4 rings (SSSR count). The molecule has 0 bridgehead atoms. The lowest BCUT2D eigenvalue weighted by Gasteiger charge is -2.21. The molecule has 2 aromatic heterocycles. The van der Waals surface area contributed by atoms with E-state index in [1.807, 2.05) is 4.68 Å². The van der Waals surface area contributed by atoms with Crippen LogP contribution in [0.1, 0.15) is 46.5 Å². The summed E-state index contributed by atoms with van der Waals surface area (Å²) >= 11 is 0. The maximum absolute atomic E-state index is 12.3. The van der Waals surface area contributed by atoms with E-state index in [0.717, 1.165) is 11.8 Å². The molecule has 0 unspecified atom stereocenters. The molecule has 2 aromatic rings. The molecular formula is C16H23N5O. The van der Waals surface area contributed by atoms with Gasteiger partial charge in [0.25, 0.3) is 5.56 Å². The van der Waals surface area contributed by atoms with Gasteiger partial charge in [0, 0.05) is 6.04 Å². The molecule has 0 spiro atoms. The second-order valence-corrected chi connectivity index (χ2v) is 7.72. The molecule has 0 aliphatic heterocycles. The Hall–Kier alpha value is -1.85. The lowest BCUT2D eigenvalue weighted by atomic mass is 10.1. The number of hydrogen-bond acceptors (Lipinski definition) is 4. The molecule has 2 N–H and O–H groups in total. The van der Waals surface area contributed by atoms with Crippen molar-refractivity contribution in [3.05, 3.63) is 16.6 Å². The molecule has 22 heavy (non-hydrogen) atoms. The molecular weight excluding hydrogens is 278 g/mol. The van der Waals surface area contributed by atoms with Crippen LogP contribution in [0.25, 0.3) is 11.0 Å². The van der Waals surface area contributed by atoms with Crippen molar-refractivity contribution in [3.63, 3.8) is 0 Å². The minimum Gasteiger partial charge on any atom is -0.352 e. The Kier molecular flexibility index (Phi) is 2.86. The Balaban J connectivity index is 1.73. The van der Waals surface area contributed by atoms with Gasteiger partial charge in [-0.2, -0.15) is 10.1 Å². The summed E-state index contributed by atoms with van der Waals surface area (Å²) < 4.78 is 1.83. The molecule has 0 saturated heterocycles. The van der Waals surface area contributed by atoms with E-state index in [2.05, 4.69) is 41.2 Å². The standard InChI is InChI=1S/C16H23N5O/c1-16(2,3)21-13-11(8-17-21)14(22)20-15(19-13)18-12(9-4-5-9)10-6-7-10/h8-10,12H,4-7H2,1-3H3,(H2,18,19,20,22). The lowest BCUT2D eigenvalue weighted by molar-refractivity contribution is 0.366. The monoisotopic (exact) mass is 301 g/mol. The van der Waals surface area contributed by atoms with E-state index < -0.39 is 0 Å². The first-order chi connectivity index (χ1) is 10.4. The van der Waals surface area contributed by atoms with Crippen LogP contribution in [0.4, 0.5) is 5.95 Å². The second-order valence-electron chi connectivity index (χ2n) is 7.72. The third-order valence-corrected chi connectivity index (χ3v) is 4.64. The van der Waals surface area contributed by atoms with Crippen molar-refractivity contribution in [2.45, 2.75) is 58.0 Å².